The largest absolute Gasteiger partial charge is 0.495 e. The molecule has 0 bridgehead atoms. The summed E-state index contributed by atoms with van der Waals surface area (Å²) in [7, 11) is 1.53. The van der Waals surface area contributed by atoms with Crippen molar-refractivity contribution in [3.8, 4) is 5.75 Å². The first-order chi connectivity index (χ1) is 13.1. The van der Waals surface area contributed by atoms with Gasteiger partial charge in [0, 0.05) is 30.5 Å². The van der Waals surface area contributed by atoms with Gasteiger partial charge in [0.2, 0.25) is 0 Å². The maximum absolute atomic E-state index is 12.7. The van der Waals surface area contributed by atoms with Crippen molar-refractivity contribution in [1.29, 1.82) is 0 Å². The van der Waals surface area contributed by atoms with E-state index in [1.165, 1.54) is 19.4 Å². The predicted molar refractivity (Wildman–Crippen MR) is 105 cm³/mol. The molecule has 142 valence electrons. The number of aromatic nitrogens is 1. The topological polar surface area (TPSA) is 71.5 Å². The van der Waals surface area contributed by atoms with Crippen LogP contribution >= 0.6 is 11.6 Å². The smallest absolute Gasteiger partial charge is 0.272 e. The zero-order chi connectivity index (χ0) is 19.2. The quantitative estimate of drug-likeness (QED) is 0.860. The lowest BCUT2D eigenvalue weighted by Crippen LogP contribution is -2.32. The molecule has 0 atom stereocenters. The van der Waals surface area contributed by atoms with Crippen LogP contribution in [0.5, 0.6) is 5.75 Å². The van der Waals surface area contributed by atoms with Gasteiger partial charge in [0.25, 0.3) is 11.8 Å². The molecular formula is C20H22ClN3O3. The maximum atomic E-state index is 12.7. The molecule has 6 nitrogen and oxygen atoms in total. The third-order valence-electron chi connectivity index (χ3n) is 4.54. The molecule has 1 aromatic carbocycles. The van der Waals surface area contributed by atoms with E-state index < -0.39 is 0 Å². The summed E-state index contributed by atoms with van der Waals surface area (Å²) in [5.41, 5.74) is 1.20. The Labute approximate surface area is 163 Å². The van der Waals surface area contributed by atoms with E-state index in [2.05, 4.69) is 10.3 Å². The van der Waals surface area contributed by atoms with E-state index in [9.17, 15) is 9.59 Å². The molecule has 2 amide bonds. The Balaban J connectivity index is 1.73. The highest BCUT2D eigenvalue weighted by Crippen LogP contribution is 2.27. The first-order valence-corrected chi connectivity index (χ1v) is 9.36. The Hall–Kier alpha value is -2.60. The highest BCUT2D eigenvalue weighted by atomic mass is 35.5. The number of benzene rings is 1. The van der Waals surface area contributed by atoms with Gasteiger partial charge in [0.15, 0.2) is 0 Å². The number of ether oxygens (including phenoxy) is 1. The number of carbonyl (C=O) groups excluding carboxylic acids is 2. The second-order valence-electron chi connectivity index (χ2n) is 6.44. The van der Waals surface area contributed by atoms with Crippen LogP contribution in [0.15, 0.2) is 36.5 Å². The van der Waals surface area contributed by atoms with Gasteiger partial charge in [0.05, 0.1) is 12.1 Å². The molecule has 1 aliphatic heterocycles. The number of hydrogen-bond donors (Lipinski definition) is 1. The van der Waals surface area contributed by atoms with Crippen molar-refractivity contribution >= 4 is 29.1 Å². The number of carbonyl (C=O) groups is 2. The van der Waals surface area contributed by atoms with Crippen LogP contribution in [-0.4, -0.2) is 41.9 Å². The molecule has 1 N–H and O–H groups in total. The van der Waals surface area contributed by atoms with Crippen LogP contribution in [0.4, 0.5) is 5.69 Å². The second-order valence-corrected chi connectivity index (χ2v) is 6.85. The van der Waals surface area contributed by atoms with Gasteiger partial charge in [-0.05, 0) is 43.2 Å². The maximum Gasteiger partial charge on any atom is 0.272 e. The van der Waals surface area contributed by atoms with Gasteiger partial charge in [-0.25, -0.2) is 0 Å². The molecule has 2 aromatic rings. The van der Waals surface area contributed by atoms with Gasteiger partial charge >= 0.3 is 0 Å². The van der Waals surface area contributed by atoms with Gasteiger partial charge in [0.1, 0.15) is 11.4 Å². The number of halogens is 1. The molecule has 3 rings (SSSR count). The lowest BCUT2D eigenvalue weighted by Gasteiger charge is -2.19. The Morgan fingerprint density at radius 3 is 2.52 bits per heavy atom. The van der Waals surface area contributed by atoms with Gasteiger partial charge < -0.3 is 15.0 Å². The summed E-state index contributed by atoms with van der Waals surface area (Å²) in [6.45, 7) is 1.47. The van der Waals surface area contributed by atoms with Crippen LogP contribution in [0.1, 0.15) is 46.5 Å². The Kier molecular flexibility index (Phi) is 6.29. The first-order valence-electron chi connectivity index (χ1n) is 8.98. The molecule has 1 fully saturated rings. The van der Waals surface area contributed by atoms with Gasteiger partial charge in [-0.1, -0.05) is 24.4 Å². The number of amides is 2. The summed E-state index contributed by atoms with van der Waals surface area (Å²) >= 11 is 6.09. The van der Waals surface area contributed by atoms with Crippen molar-refractivity contribution in [1.82, 2.24) is 9.88 Å². The van der Waals surface area contributed by atoms with E-state index in [-0.39, 0.29) is 17.5 Å². The summed E-state index contributed by atoms with van der Waals surface area (Å²) in [6.07, 6.45) is 5.78. The second kappa shape index (κ2) is 8.86. The minimum absolute atomic E-state index is 0.126. The van der Waals surface area contributed by atoms with Crippen molar-refractivity contribution < 1.29 is 14.3 Å². The van der Waals surface area contributed by atoms with E-state index in [0.29, 0.717) is 22.0 Å². The van der Waals surface area contributed by atoms with Crippen molar-refractivity contribution in [3.63, 3.8) is 0 Å². The minimum Gasteiger partial charge on any atom is -0.495 e. The van der Waals surface area contributed by atoms with Crippen molar-refractivity contribution in [2.75, 3.05) is 25.5 Å². The molecule has 2 heterocycles. The molecule has 1 aromatic heterocycles. The highest BCUT2D eigenvalue weighted by Gasteiger charge is 2.19. The number of hydrogen-bond acceptors (Lipinski definition) is 4. The summed E-state index contributed by atoms with van der Waals surface area (Å²) < 4.78 is 5.10. The van der Waals surface area contributed by atoms with Crippen LogP contribution < -0.4 is 10.1 Å². The molecule has 0 spiro atoms. The fourth-order valence-electron chi connectivity index (χ4n) is 3.07. The highest BCUT2D eigenvalue weighted by molar-refractivity contribution is 6.32. The Morgan fingerprint density at radius 1 is 1.11 bits per heavy atom. The summed E-state index contributed by atoms with van der Waals surface area (Å²) in [5, 5.41) is 3.18. The average Bonchev–Trinajstić information content (AvgIpc) is 2.97. The summed E-state index contributed by atoms with van der Waals surface area (Å²) in [5.74, 6) is 0.0755. The SMILES string of the molecule is COc1ccc(NC(=O)c2ccnc(C(=O)N3CCCCCC3)c2)cc1Cl. The fraction of sp³-hybridized carbons (Fsp3) is 0.350. The van der Waals surface area contributed by atoms with Crippen LogP contribution in [0.3, 0.4) is 0 Å². The Bertz CT molecular complexity index is 833. The van der Waals surface area contributed by atoms with Gasteiger partial charge in [-0.2, -0.15) is 0 Å². The van der Waals surface area contributed by atoms with E-state index in [4.69, 9.17) is 16.3 Å². The number of rotatable bonds is 4. The molecule has 0 saturated carbocycles. The van der Waals surface area contributed by atoms with E-state index in [1.54, 1.807) is 24.3 Å². The zero-order valence-electron chi connectivity index (χ0n) is 15.2. The molecule has 0 aliphatic carbocycles. The van der Waals surface area contributed by atoms with Crippen molar-refractivity contribution in [2.45, 2.75) is 25.7 Å². The lowest BCUT2D eigenvalue weighted by atomic mass is 10.2. The average molecular weight is 388 g/mol. The molecule has 0 unspecified atom stereocenters. The number of nitrogens with zero attached hydrogens (tertiary/aromatic N) is 2. The van der Waals surface area contributed by atoms with Crippen LogP contribution in [0.25, 0.3) is 0 Å². The van der Waals surface area contributed by atoms with E-state index in [0.717, 1.165) is 38.8 Å². The zero-order valence-corrected chi connectivity index (χ0v) is 16.0. The summed E-state index contributed by atoms with van der Waals surface area (Å²) in [6, 6.07) is 8.11. The van der Waals surface area contributed by atoms with Crippen molar-refractivity contribution in [2.24, 2.45) is 0 Å². The molecular weight excluding hydrogens is 366 g/mol. The molecule has 27 heavy (non-hydrogen) atoms. The Morgan fingerprint density at radius 2 is 1.85 bits per heavy atom. The van der Waals surface area contributed by atoms with E-state index in [1.807, 2.05) is 4.90 Å². The van der Waals surface area contributed by atoms with Crippen molar-refractivity contribution in [3.05, 3.63) is 52.8 Å². The van der Waals surface area contributed by atoms with E-state index >= 15 is 0 Å². The van der Waals surface area contributed by atoms with Gasteiger partial charge in [-0.15, -0.1) is 0 Å². The fourth-order valence-corrected chi connectivity index (χ4v) is 3.33. The number of anilines is 1. The third-order valence-corrected chi connectivity index (χ3v) is 4.84. The number of pyridine rings is 1. The molecule has 1 saturated heterocycles. The van der Waals surface area contributed by atoms with Gasteiger partial charge in [-0.3, -0.25) is 14.6 Å². The predicted octanol–water partition coefficient (Wildman–Crippen LogP) is 4.01. The third kappa shape index (κ3) is 4.77. The van der Waals surface area contributed by atoms with Crippen LogP contribution in [-0.2, 0) is 0 Å². The molecule has 7 heteroatoms. The summed E-state index contributed by atoms with van der Waals surface area (Å²) in [4.78, 5) is 31.2. The number of nitrogens with one attached hydrogen (secondary N) is 1. The standard InChI is InChI=1S/C20H22ClN3O3/c1-27-18-7-6-15(13-16(18)21)23-19(25)14-8-9-22-17(12-14)20(26)24-10-4-2-3-5-11-24/h6-9,12-13H,2-5,10-11H2,1H3,(H,23,25). The number of methoxy groups -OCH3 is 1. The lowest BCUT2D eigenvalue weighted by molar-refractivity contribution is 0.0755. The molecule has 1 aliphatic rings. The van der Waals surface area contributed by atoms with Crippen LogP contribution in [0, 0.1) is 0 Å². The monoisotopic (exact) mass is 387 g/mol. The minimum atomic E-state index is -0.330. The number of likely N-dealkylation sites (tertiary alicyclic amines) is 1. The molecule has 0 radical (unpaired) electrons. The van der Waals surface area contributed by atoms with Crippen LogP contribution in [0.2, 0.25) is 5.02 Å². The first kappa shape index (κ1) is 19.2. The normalized spacial score (nSPS) is 14.4.